The van der Waals surface area contributed by atoms with Crippen molar-refractivity contribution < 1.29 is 14.2 Å². The molecule has 0 spiro atoms. The van der Waals surface area contributed by atoms with Crippen LogP contribution in [-0.2, 0) is 0 Å². The van der Waals surface area contributed by atoms with E-state index in [1.807, 2.05) is 6.07 Å². The first kappa shape index (κ1) is 15.8. The van der Waals surface area contributed by atoms with E-state index in [2.05, 4.69) is 15.9 Å². The monoisotopic (exact) mass is 369 g/mol. The molecule has 1 N–H and O–H groups in total. The lowest BCUT2D eigenvalue weighted by Crippen LogP contribution is -1.97. The molecule has 0 saturated carbocycles. The van der Waals surface area contributed by atoms with Crippen molar-refractivity contribution in [2.24, 2.45) is 0 Å². The van der Waals surface area contributed by atoms with Crippen molar-refractivity contribution in [1.29, 1.82) is 5.26 Å². The van der Waals surface area contributed by atoms with Crippen LogP contribution in [0.4, 0.5) is 4.39 Å². The van der Waals surface area contributed by atoms with Crippen LogP contribution < -0.4 is 4.74 Å². The van der Waals surface area contributed by atoms with E-state index in [9.17, 15) is 9.50 Å². The van der Waals surface area contributed by atoms with Crippen LogP contribution in [0.2, 0.25) is 5.02 Å². The Bertz CT molecular complexity index is 728. The van der Waals surface area contributed by atoms with Crippen molar-refractivity contribution >= 4 is 27.5 Å². The van der Waals surface area contributed by atoms with E-state index in [1.54, 1.807) is 19.1 Å². The first-order valence-corrected chi connectivity index (χ1v) is 7.14. The van der Waals surface area contributed by atoms with Gasteiger partial charge in [-0.05, 0) is 41.1 Å². The maximum absolute atomic E-state index is 13.5. The third-order valence-corrected chi connectivity index (χ3v) is 3.70. The summed E-state index contributed by atoms with van der Waals surface area (Å²) in [6.07, 6.45) is -0.788. The zero-order valence-corrected chi connectivity index (χ0v) is 13.2. The van der Waals surface area contributed by atoms with Crippen LogP contribution in [0.3, 0.4) is 0 Å². The van der Waals surface area contributed by atoms with Crippen LogP contribution in [0, 0.1) is 17.1 Å². The molecule has 0 unspecified atom stereocenters. The maximum atomic E-state index is 13.5. The Morgan fingerprint density at radius 1 is 1.33 bits per heavy atom. The van der Waals surface area contributed by atoms with Crippen molar-refractivity contribution in [3.63, 3.8) is 0 Å². The second-order valence-electron chi connectivity index (χ2n) is 4.34. The summed E-state index contributed by atoms with van der Waals surface area (Å²) in [4.78, 5) is 0. The number of nitriles is 1. The van der Waals surface area contributed by atoms with Gasteiger partial charge in [-0.1, -0.05) is 17.7 Å². The van der Waals surface area contributed by atoms with Gasteiger partial charge in [-0.3, -0.25) is 0 Å². The van der Waals surface area contributed by atoms with Crippen LogP contribution in [0.5, 0.6) is 11.5 Å². The van der Waals surface area contributed by atoms with Crippen LogP contribution >= 0.6 is 27.5 Å². The van der Waals surface area contributed by atoms with Crippen molar-refractivity contribution in [1.82, 2.24) is 0 Å². The maximum Gasteiger partial charge on any atom is 0.145 e. The van der Waals surface area contributed by atoms with E-state index < -0.39 is 11.9 Å². The third kappa shape index (κ3) is 3.53. The lowest BCUT2D eigenvalue weighted by atomic mass is 10.1. The van der Waals surface area contributed by atoms with Gasteiger partial charge in [0.1, 0.15) is 17.3 Å². The van der Waals surface area contributed by atoms with Crippen LogP contribution in [0.25, 0.3) is 0 Å². The molecule has 2 rings (SSSR count). The summed E-state index contributed by atoms with van der Waals surface area (Å²) in [7, 11) is 0. The summed E-state index contributed by atoms with van der Waals surface area (Å²) in [6, 6.07) is 9.16. The van der Waals surface area contributed by atoms with Crippen molar-refractivity contribution in [2.45, 2.75) is 13.0 Å². The molecule has 2 aromatic carbocycles. The molecule has 0 fully saturated rings. The number of aliphatic hydroxyl groups is 1. The highest BCUT2D eigenvalue weighted by molar-refractivity contribution is 9.10. The van der Waals surface area contributed by atoms with E-state index in [0.717, 1.165) is 6.07 Å². The third-order valence-electron chi connectivity index (χ3n) is 2.79. The summed E-state index contributed by atoms with van der Waals surface area (Å²) in [5.74, 6) is -0.134. The molecule has 0 amide bonds. The van der Waals surface area contributed by atoms with Gasteiger partial charge in [0.05, 0.1) is 27.2 Å². The summed E-state index contributed by atoms with van der Waals surface area (Å²) >= 11 is 8.91. The Kier molecular flexibility index (Phi) is 4.84. The average molecular weight is 371 g/mol. The number of rotatable bonds is 3. The molecule has 2 aromatic rings. The Morgan fingerprint density at radius 2 is 2.05 bits per heavy atom. The topological polar surface area (TPSA) is 53.2 Å². The first-order chi connectivity index (χ1) is 9.92. The Balaban J connectivity index is 2.48. The normalized spacial score (nSPS) is 11.8. The predicted octanol–water partition coefficient (Wildman–Crippen LogP) is 4.96. The summed E-state index contributed by atoms with van der Waals surface area (Å²) in [5, 5.41) is 18.7. The predicted molar refractivity (Wildman–Crippen MR) is 81.0 cm³/mol. The largest absolute Gasteiger partial charge is 0.456 e. The van der Waals surface area contributed by atoms with Crippen molar-refractivity contribution in [2.75, 3.05) is 0 Å². The fourth-order valence-corrected chi connectivity index (χ4v) is 2.46. The van der Waals surface area contributed by atoms with Gasteiger partial charge < -0.3 is 9.84 Å². The van der Waals surface area contributed by atoms with E-state index >= 15 is 0 Å². The minimum atomic E-state index is -0.788. The Morgan fingerprint density at radius 3 is 2.67 bits per heavy atom. The van der Waals surface area contributed by atoms with Crippen molar-refractivity contribution in [3.05, 3.63) is 56.8 Å². The fraction of sp³-hybridized carbons (Fsp3) is 0.133. The SMILES string of the molecule is C[C@H](O)c1ccc(C#N)cc1Oc1cc(F)c(Cl)cc1Br. The molecule has 0 heterocycles. The molecule has 0 bridgehead atoms. The van der Waals surface area contributed by atoms with Gasteiger partial charge in [0.2, 0.25) is 0 Å². The van der Waals surface area contributed by atoms with E-state index in [0.29, 0.717) is 15.6 Å². The molecule has 0 aliphatic carbocycles. The van der Waals surface area contributed by atoms with E-state index in [1.165, 1.54) is 12.1 Å². The zero-order valence-electron chi connectivity index (χ0n) is 10.9. The van der Waals surface area contributed by atoms with Gasteiger partial charge in [-0.15, -0.1) is 0 Å². The molecule has 108 valence electrons. The molecule has 21 heavy (non-hydrogen) atoms. The van der Waals surface area contributed by atoms with Gasteiger partial charge in [0, 0.05) is 11.6 Å². The molecular formula is C15H10BrClFNO2. The second-order valence-corrected chi connectivity index (χ2v) is 5.60. The minimum Gasteiger partial charge on any atom is -0.456 e. The number of nitrogens with zero attached hydrogens (tertiary/aromatic N) is 1. The smallest absolute Gasteiger partial charge is 0.145 e. The van der Waals surface area contributed by atoms with Crippen LogP contribution in [-0.4, -0.2) is 5.11 Å². The molecule has 1 atom stereocenters. The van der Waals surface area contributed by atoms with Crippen LogP contribution in [0.15, 0.2) is 34.8 Å². The highest BCUT2D eigenvalue weighted by atomic mass is 79.9. The number of aliphatic hydroxyl groups excluding tert-OH is 1. The Hall–Kier alpha value is -1.61. The first-order valence-electron chi connectivity index (χ1n) is 5.97. The molecule has 6 heteroatoms. The second kappa shape index (κ2) is 6.44. The number of halogens is 3. The number of benzene rings is 2. The standard InChI is InChI=1S/C15H10BrClFNO2/c1-8(20)10-3-2-9(7-19)4-14(10)21-15-6-13(18)12(17)5-11(15)16/h2-6,8,20H,1H3/t8-/m0/s1. The lowest BCUT2D eigenvalue weighted by Gasteiger charge is -2.14. The summed E-state index contributed by atoms with van der Waals surface area (Å²) in [5.41, 5.74) is 0.871. The molecular weight excluding hydrogens is 361 g/mol. The van der Waals surface area contributed by atoms with Gasteiger partial charge in [-0.25, -0.2) is 4.39 Å². The highest BCUT2D eigenvalue weighted by Gasteiger charge is 2.14. The van der Waals surface area contributed by atoms with Gasteiger partial charge in [-0.2, -0.15) is 5.26 Å². The number of hydrogen-bond acceptors (Lipinski definition) is 3. The molecule has 0 aromatic heterocycles. The van der Waals surface area contributed by atoms with E-state index in [-0.39, 0.29) is 16.5 Å². The molecule has 0 aliphatic heterocycles. The van der Waals surface area contributed by atoms with Gasteiger partial charge in [0.25, 0.3) is 0 Å². The van der Waals surface area contributed by atoms with Gasteiger partial charge in [0.15, 0.2) is 0 Å². The molecule has 0 saturated heterocycles. The quantitative estimate of drug-likeness (QED) is 0.777. The van der Waals surface area contributed by atoms with Crippen LogP contribution in [0.1, 0.15) is 24.2 Å². The fourth-order valence-electron chi connectivity index (χ4n) is 1.74. The molecule has 3 nitrogen and oxygen atoms in total. The zero-order chi connectivity index (χ0) is 15.6. The number of ether oxygens (including phenoxy) is 1. The molecule has 0 radical (unpaired) electrons. The lowest BCUT2D eigenvalue weighted by molar-refractivity contribution is 0.195. The highest BCUT2D eigenvalue weighted by Crippen LogP contribution is 2.36. The van der Waals surface area contributed by atoms with Gasteiger partial charge >= 0.3 is 0 Å². The van der Waals surface area contributed by atoms with Crippen molar-refractivity contribution in [3.8, 4) is 17.6 Å². The number of hydrogen-bond donors (Lipinski definition) is 1. The van der Waals surface area contributed by atoms with E-state index in [4.69, 9.17) is 21.6 Å². The Labute approximate surface area is 134 Å². The summed E-state index contributed by atoms with van der Waals surface area (Å²) < 4.78 is 19.6. The molecule has 0 aliphatic rings. The average Bonchev–Trinajstić information content (AvgIpc) is 2.44. The summed E-state index contributed by atoms with van der Waals surface area (Å²) in [6.45, 7) is 1.58. The minimum absolute atomic E-state index is 0.0317.